The van der Waals surface area contributed by atoms with E-state index in [4.69, 9.17) is 13.8 Å². The van der Waals surface area contributed by atoms with E-state index in [-0.39, 0.29) is 12.0 Å². The highest BCUT2D eigenvalue weighted by Crippen LogP contribution is 2.56. The van der Waals surface area contributed by atoms with Gasteiger partial charge in [-0.25, -0.2) is 0 Å². The summed E-state index contributed by atoms with van der Waals surface area (Å²) in [6.45, 7) is 12.1. The molecule has 98 valence electrons. The molecule has 0 saturated carbocycles. The maximum absolute atomic E-state index is 12.5. The summed E-state index contributed by atoms with van der Waals surface area (Å²) in [6, 6.07) is 0. The third kappa shape index (κ3) is 4.96. The Hall–Kier alpha value is 0.110. The second-order valence-corrected chi connectivity index (χ2v) is 6.30. The predicted molar refractivity (Wildman–Crippen MR) is 65.7 cm³/mol. The van der Waals surface area contributed by atoms with Crippen LogP contribution in [0.25, 0.3) is 0 Å². The van der Waals surface area contributed by atoms with Gasteiger partial charge in [0.1, 0.15) is 0 Å². The Morgan fingerprint density at radius 1 is 1.00 bits per heavy atom. The minimum absolute atomic E-state index is 0.00152. The zero-order chi connectivity index (χ0) is 12.8. The molecule has 0 aliphatic heterocycles. The molecule has 0 aromatic rings. The lowest BCUT2D eigenvalue weighted by Gasteiger charge is -2.30. The molecule has 0 aromatic carbocycles. The molecular formula is C11H25O4P. The number of ether oxygens (including phenoxy) is 1. The van der Waals surface area contributed by atoms with Crippen LogP contribution in [0.4, 0.5) is 0 Å². The summed E-state index contributed by atoms with van der Waals surface area (Å²) in [4.78, 5) is 0. The average molecular weight is 252 g/mol. The summed E-state index contributed by atoms with van der Waals surface area (Å²) in [5.74, 6) is -0.404. The average Bonchev–Trinajstić information content (AvgIpc) is 2.14. The van der Waals surface area contributed by atoms with E-state index in [0.717, 1.165) is 0 Å². The molecule has 0 fully saturated rings. The predicted octanol–water partition coefficient (Wildman–Crippen LogP) is 3.66. The van der Waals surface area contributed by atoms with Crippen LogP contribution in [0.1, 0.15) is 41.5 Å². The number of hydrogen-bond acceptors (Lipinski definition) is 4. The van der Waals surface area contributed by atoms with Crippen LogP contribution in [0.5, 0.6) is 0 Å². The van der Waals surface area contributed by atoms with Crippen molar-refractivity contribution in [3.05, 3.63) is 0 Å². The lowest BCUT2D eigenvalue weighted by molar-refractivity contribution is 0.00697. The Balaban J connectivity index is 4.86. The van der Waals surface area contributed by atoms with Crippen LogP contribution in [0, 0.1) is 5.92 Å². The van der Waals surface area contributed by atoms with Gasteiger partial charge in [-0.1, -0.05) is 13.8 Å². The highest BCUT2D eigenvalue weighted by Gasteiger charge is 2.39. The Morgan fingerprint density at radius 2 is 1.44 bits per heavy atom. The molecule has 0 radical (unpaired) electrons. The fourth-order valence-corrected chi connectivity index (χ4v) is 3.63. The molecule has 0 aliphatic carbocycles. The fourth-order valence-electron chi connectivity index (χ4n) is 1.42. The lowest BCUT2D eigenvalue weighted by atomic mass is 10.2. The molecule has 0 spiro atoms. The molecule has 4 nitrogen and oxygen atoms in total. The number of rotatable bonds is 8. The van der Waals surface area contributed by atoms with Gasteiger partial charge in [0.05, 0.1) is 19.3 Å². The maximum atomic E-state index is 12.5. The van der Waals surface area contributed by atoms with Crippen molar-refractivity contribution in [2.45, 2.75) is 53.5 Å². The van der Waals surface area contributed by atoms with Gasteiger partial charge in [-0.15, -0.1) is 0 Å². The third-order valence-corrected chi connectivity index (χ3v) is 4.49. The van der Waals surface area contributed by atoms with Crippen molar-refractivity contribution in [2.24, 2.45) is 5.92 Å². The summed E-state index contributed by atoms with van der Waals surface area (Å²) in [6.07, 6.45) is 0.00152. The van der Waals surface area contributed by atoms with Gasteiger partial charge < -0.3 is 13.8 Å². The highest BCUT2D eigenvalue weighted by molar-refractivity contribution is 7.54. The topological polar surface area (TPSA) is 44.8 Å². The third-order valence-electron chi connectivity index (χ3n) is 1.91. The van der Waals surface area contributed by atoms with Gasteiger partial charge in [-0.2, -0.15) is 0 Å². The van der Waals surface area contributed by atoms with Gasteiger partial charge in [-0.05, 0) is 33.6 Å². The van der Waals surface area contributed by atoms with Crippen LogP contribution >= 0.6 is 7.60 Å². The fraction of sp³-hybridized carbons (Fsp3) is 1.00. The first kappa shape index (κ1) is 16.1. The second kappa shape index (κ2) is 7.44. The highest BCUT2D eigenvalue weighted by atomic mass is 31.2. The van der Waals surface area contributed by atoms with E-state index >= 15 is 0 Å². The molecular weight excluding hydrogens is 227 g/mol. The van der Waals surface area contributed by atoms with Crippen LogP contribution in [0.3, 0.4) is 0 Å². The maximum Gasteiger partial charge on any atom is 0.359 e. The van der Waals surface area contributed by atoms with Crippen LogP contribution in [0.2, 0.25) is 0 Å². The molecule has 0 rings (SSSR count). The lowest BCUT2D eigenvalue weighted by Crippen LogP contribution is -2.26. The first-order chi connectivity index (χ1) is 7.37. The standard InChI is InChI=1S/C11H25O4P/c1-7-13-16(12,14-8-2)11(9(3)4)15-10(5)6/h9-11H,7-8H2,1-6H3. The van der Waals surface area contributed by atoms with Gasteiger partial charge in [0, 0.05) is 0 Å². The van der Waals surface area contributed by atoms with E-state index in [1.54, 1.807) is 13.8 Å². The quantitative estimate of drug-likeness (QED) is 0.618. The molecule has 1 atom stereocenters. The molecule has 0 saturated heterocycles. The minimum atomic E-state index is -3.16. The van der Waals surface area contributed by atoms with E-state index in [1.165, 1.54) is 0 Å². The molecule has 0 bridgehead atoms. The van der Waals surface area contributed by atoms with Crippen molar-refractivity contribution in [1.82, 2.24) is 0 Å². The van der Waals surface area contributed by atoms with E-state index < -0.39 is 13.4 Å². The van der Waals surface area contributed by atoms with Gasteiger partial charge in [0.2, 0.25) is 0 Å². The molecule has 5 heteroatoms. The summed E-state index contributed by atoms with van der Waals surface area (Å²) in [5, 5.41) is 0. The van der Waals surface area contributed by atoms with Gasteiger partial charge >= 0.3 is 7.60 Å². The van der Waals surface area contributed by atoms with E-state index in [0.29, 0.717) is 13.2 Å². The SMILES string of the molecule is CCOP(=O)(OCC)C(OC(C)C)C(C)C. The molecule has 0 aromatic heterocycles. The van der Waals surface area contributed by atoms with E-state index in [9.17, 15) is 4.57 Å². The Morgan fingerprint density at radius 3 is 1.69 bits per heavy atom. The summed E-state index contributed by atoms with van der Waals surface area (Å²) >= 11 is 0. The van der Waals surface area contributed by atoms with Crippen molar-refractivity contribution < 1.29 is 18.3 Å². The Bertz CT molecular complexity index is 218. The summed E-state index contributed by atoms with van der Waals surface area (Å²) in [5.41, 5.74) is 0. The largest absolute Gasteiger partial charge is 0.363 e. The van der Waals surface area contributed by atoms with Crippen molar-refractivity contribution >= 4 is 7.60 Å². The van der Waals surface area contributed by atoms with E-state index in [1.807, 2.05) is 27.7 Å². The first-order valence-corrected chi connectivity index (χ1v) is 7.52. The molecule has 0 N–H and O–H groups in total. The number of hydrogen-bond donors (Lipinski definition) is 0. The van der Waals surface area contributed by atoms with Crippen molar-refractivity contribution in [2.75, 3.05) is 13.2 Å². The van der Waals surface area contributed by atoms with E-state index in [2.05, 4.69) is 0 Å². The van der Waals surface area contributed by atoms with Gasteiger partial charge in [-0.3, -0.25) is 4.57 Å². The summed E-state index contributed by atoms with van der Waals surface area (Å²) < 4.78 is 28.8. The monoisotopic (exact) mass is 252 g/mol. The molecule has 0 amide bonds. The van der Waals surface area contributed by atoms with Crippen molar-refractivity contribution in [1.29, 1.82) is 0 Å². The van der Waals surface area contributed by atoms with Crippen LogP contribution < -0.4 is 0 Å². The Kier molecular flexibility index (Phi) is 7.49. The van der Waals surface area contributed by atoms with Gasteiger partial charge in [0.25, 0.3) is 0 Å². The molecule has 0 aliphatic rings. The van der Waals surface area contributed by atoms with Gasteiger partial charge in [0.15, 0.2) is 5.85 Å². The molecule has 1 unspecified atom stereocenters. The van der Waals surface area contributed by atoms with Crippen molar-refractivity contribution in [3.63, 3.8) is 0 Å². The zero-order valence-corrected chi connectivity index (χ0v) is 12.1. The first-order valence-electron chi connectivity index (χ1n) is 5.91. The van der Waals surface area contributed by atoms with Crippen molar-refractivity contribution in [3.8, 4) is 0 Å². The minimum Gasteiger partial charge on any atom is -0.363 e. The molecule has 16 heavy (non-hydrogen) atoms. The Labute approximate surface area is 99.2 Å². The van der Waals surface area contributed by atoms with Crippen LogP contribution in [-0.4, -0.2) is 25.2 Å². The smallest absolute Gasteiger partial charge is 0.359 e. The zero-order valence-electron chi connectivity index (χ0n) is 11.2. The molecule has 0 heterocycles. The normalized spacial score (nSPS) is 14.8. The van der Waals surface area contributed by atoms with Crippen LogP contribution in [0.15, 0.2) is 0 Å². The summed E-state index contributed by atoms with van der Waals surface area (Å²) in [7, 11) is -3.16. The second-order valence-electron chi connectivity index (χ2n) is 4.19. The van der Waals surface area contributed by atoms with Crippen LogP contribution in [-0.2, 0) is 18.3 Å².